The number of carboxylic acids is 1. The van der Waals surface area contributed by atoms with E-state index in [2.05, 4.69) is 10.1 Å². The van der Waals surface area contributed by atoms with Gasteiger partial charge in [0.2, 0.25) is 0 Å². The van der Waals surface area contributed by atoms with Crippen LogP contribution in [0.5, 0.6) is 5.75 Å². The third-order valence-electron chi connectivity index (χ3n) is 3.44. The highest BCUT2D eigenvalue weighted by Gasteiger charge is 2.39. The van der Waals surface area contributed by atoms with Gasteiger partial charge in [0, 0.05) is 12.6 Å². The Bertz CT molecular complexity index is 738. The summed E-state index contributed by atoms with van der Waals surface area (Å²) in [5.74, 6) is -1.38. The van der Waals surface area contributed by atoms with Crippen LogP contribution in [0.4, 0.5) is 13.2 Å². The van der Waals surface area contributed by atoms with Crippen LogP contribution < -0.4 is 10.1 Å². The summed E-state index contributed by atoms with van der Waals surface area (Å²) in [6.07, 6.45) is -4.65. The quantitative estimate of drug-likeness (QED) is 0.801. The van der Waals surface area contributed by atoms with E-state index in [1.165, 1.54) is 0 Å². The van der Waals surface area contributed by atoms with Gasteiger partial charge in [0.05, 0.1) is 15.2 Å². The normalized spacial score (nSPS) is 21.7. The monoisotopic (exact) mass is 387 g/mol. The number of carbonyl (C=O) groups is 1. The van der Waals surface area contributed by atoms with Gasteiger partial charge in [0.1, 0.15) is 11.8 Å². The van der Waals surface area contributed by atoms with Gasteiger partial charge in [-0.3, -0.25) is 4.79 Å². The molecular formula is C13H13ClF3NO5S. The average molecular weight is 388 g/mol. The van der Waals surface area contributed by atoms with Gasteiger partial charge < -0.3 is 15.2 Å². The van der Waals surface area contributed by atoms with Crippen molar-refractivity contribution in [3.8, 4) is 5.75 Å². The average Bonchev–Trinajstić information content (AvgIpc) is 2.95. The smallest absolute Gasteiger partial charge is 0.422 e. The molecule has 1 heterocycles. The molecule has 11 heteroatoms. The molecule has 0 bridgehead atoms. The molecule has 0 saturated carbocycles. The van der Waals surface area contributed by atoms with Crippen molar-refractivity contribution in [1.29, 1.82) is 0 Å². The molecule has 0 radical (unpaired) electrons. The minimum Gasteiger partial charge on any atom is -0.484 e. The molecule has 2 atom stereocenters. The van der Waals surface area contributed by atoms with Crippen LogP contribution in [-0.2, 0) is 14.6 Å². The van der Waals surface area contributed by atoms with E-state index >= 15 is 0 Å². The molecule has 0 spiro atoms. The number of rotatable bonds is 5. The Hall–Kier alpha value is -1.52. The van der Waals surface area contributed by atoms with E-state index in [-0.39, 0.29) is 28.6 Å². The Morgan fingerprint density at radius 1 is 1.42 bits per heavy atom. The van der Waals surface area contributed by atoms with Crippen LogP contribution in [0.3, 0.4) is 0 Å². The summed E-state index contributed by atoms with van der Waals surface area (Å²) in [5.41, 5.74) is 0. The first-order valence-corrected chi connectivity index (χ1v) is 8.62. The maximum Gasteiger partial charge on any atom is 0.422 e. The van der Waals surface area contributed by atoms with Gasteiger partial charge in [0.25, 0.3) is 0 Å². The lowest BCUT2D eigenvalue weighted by molar-refractivity contribution is -0.153. The van der Waals surface area contributed by atoms with E-state index in [1.807, 2.05) is 0 Å². The molecule has 24 heavy (non-hydrogen) atoms. The summed E-state index contributed by atoms with van der Waals surface area (Å²) in [7, 11) is -3.93. The minimum absolute atomic E-state index is 0.0536. The summed E-state index contributed by atoms with van der Waals surface area (Å²) in [6.45, 7) is -1.58. The Morgan fingerprint density at radius 3 is 2.58 bits per heavy atom. The van der Waals surface area contributed by atoms with Crippen molar-refractivity contribution in [3.05, 3.63) is 23.2 Å². The number of alkyl halides is 3. The van der Waals surface area contributed by atoms with Crippen LogP contribution in [0, 0.1) is 0 Å². The Labute approximate surface area is 140 Å². The SMILES string of the molecule is O=C(O)C1C[C@@H](S(=O)(=O)c2ccc(OCC(F)(F)F)cc2Cl)CN1. The van der Waals surface area contributed by atoms with Crippen molar-refractivity contribution in [1.82, 2.24) is 5.32 Å². The highest BCUT2D eigenvalue weighted by atomic mass is 35.5. The third-order valence-corrected chi connectivity index (χ3v) is 6.07. The topological polar surface area (TPSA) is 92.7 Å². The first-order chi connectivity index (χ1) is 11.0. The number of aliphatic carboxylic acids is 1. The number of benzene rings is 1. The van der Waals surface area contributed by atoms with Crippen LogP contribution in [0.2, 0.25) is 5.02 Å². The van der Waals surface area contributed by atoms with Gasteiger partial charge in [0.15, 0.2) is 16.4 Å². The predicted octanol–water partition coefficient (Wildman–Crippen LogP) is 1.87. The fraction of sp³-hybridized carbons (Fsp3) is 0.462. The number of halogens is 4. The molecule has 1 unspecified atom stereocenters. The van der Waals surface area contributed by atoms with Gasteiger partial charge in [-0.2, -0.15) is 13.2 Å². The zero-order valence-corrected chi connectivity index (χ0v) is 13.6. The molecule has 0 aromatic heterocycles. The van der Waals surface area contributed by atoms with Gasteiger partial charge in [-0.15, -0.1) is 0 Å². The standard InChI is InChI=1S/C13H13ClF3NO5S/c14-9-3-7(23-6-13(15,16)17)1-2-11(9)24(21,22)8-4-10(12(19)20)18-5-8/h1-3,8,10,18H,4-6H2,(H,19,20)/t8-,10?/m1/s1. The molecule has 1 fully saturated rings. The molecule has 0 amide bonds. The van der Waals surface area contributed by atoms with E-state index < -0.39 is 39.9 Å². The lowest BCUT2D eigenvalue weighted by Crippen LogP contribution is -2.30. The number of carboxylic acid groups (broad SMARTS) is 1. The summed E-state index contributed by atoms with van der Waals surface area (Å²) in [6, 6.07) is 2.13. The Balaban J connectivity index is 2.18. The second-order valence-corrected chi connectivity index (χ2v) is 7.80. The van der Waals surface area contributed by atoms with E-state index in [9.17, 15) is 26.4 Å². The van der Waals surface area contributed by atoms with E-state index in [0.29, 0.717) is 0 Å². The van der Waals surface area contributed by atoms with E-state index in [0.717, 1.165) is 18.2 Å². The van der Waals surface area contributed by atoms with E-state index in [1.54, 1.807) is 0 Å². The van der Waals surface area contributed by atoms with E-state index in [4.69, 9.17) is 16.7 Å². The number of nitrogens with one attached hydrogen (secondary N) is 1. The van der Waals surface area contributed by atoms with Crippen LogP contribution in [-0.4, -0.2) is 50.1 Å². The largest absolute Gasteiger partial charge is 0.484 e. The Morgan fingerprint density at radius 2 is 2.08 bits per heavy atom. The maximum atomic E-state index is 12.5. The van der Waals surface area contributed by atoms with Gasteiger partial charge in [-0.05, 0) is 18.6 Å². The first-order valence-electron chi connectivity index (χ1n) is 6.70. The maximum absolute atomic E-state index is 12.5. The van der Waals surface area contributed by atoms with Crippen molar-refractivity contribution < 1.29 is 36.2 Å². The molecule has 1 aromatic carbocycles. The number of ether oxygens (including phenoxy) is 1. The fourth-order valence-corrected chi connectivity index (χ4v) is 4.48. The summed E-state index contributed by atoms with van der Waals surface area (Å²) in [5, 5.41) is 10.2. The molecule has 1 saturated heterocycles. The lowest BCUT2D eigenvalue weighted by Gasteiger charge is -2.14. The zero-order chi connectivity index (χ0) is 18.1. The van der Waals surface area contributed by atoms with Crippen molar-refractivity contribution >= 4 is 27.4 Å². The van der Waals surface area contributed by atoms with Crippen molar-refractivity contribution in [3.63, 3.8) is 0 Å². The zero-order valence-electron chi connectivity index (χ0n) is 12.0. The predicted molar refractivity (Wildman–Crippen MR) is 78.0 cm³/mol. The Kier molecular flexibility index (Phi) is 5.31. The molecule has 2 N–H and O–H groups in total. The molecule has 1 aliphatic heterocycles. The van der Waals surface area contributed by atoms with Crippen LogP contribution >= 0.6 is 11.6 Å². The van der Waals surface area contributed by atoms with Crippen molar-refractivity contribution in [2.45, 2.75) is 28.8 Å². The van der Waals surface area contributed by atoms with Gasteiger partial charge in [-0.1, -0.05) is 11.6 Å². The highest BCUT2D eigenvalue weighted by Crippen LogP contribution is 2.31. The minimum atomic E-state index is -4.53. The second-order valence-electron chi connectivity index (χ2n) is 5.20. The third kappa shape index (κ3) is 4.31. The molecule has 2 rings (SSSR count). The second kappa shape index (κ2) is 6.77. The summed E-state index contributed by atoms with van der Waals surface area (Å²) in [4.78, 5) is 10.6. The van der Waals surface area contributed by atoms with Crippen LogP contribution in [0.25, 0.3) is 0 Å². The van der Waals surface area contributed by atoms with Crippen molar-refractivity contribution in [2.24, 2.45) is 0 Å². The number of hydrogen-bond donors (Lipinski definition) is 2. The molecule has 0 aliphatic carbocycles. The first kappa shape index (κ1) is 18.8. The van der Waals surface area contributed by atoms with Gasteiger partial charge in [-0.25, -0.2) is 8.42 Å². The van der Waals surface area contributed by atoms with Gasteiger partial charge >= 0.3 is 12.1 Å². The van der Waals surface area contributed by atoms with Crippen LogP contribution in [0.15, 0.2) is 23.1 Å². The molecule has 1 aliphatic rings. The fourth-order valence-electron chi connectivity index (χ4n) is 2.27. The number of sulfone groups is 1. The molecule has 6 nitrogen and oxygen atoms in total. The lowest BCUT2D eigenvalue weighted by atomic mass is 10.2. The summed E-state index contributed by atoms with van der Waals surface area (Å²) < 4.78 is 65.8. The van der Waals surface area contributed by atoms with Crippen LogP contribution in [0.1, 0.15) is 6.42 Å². The summed E-state index contributed by atoms with van der Waals surface area (Å²) >= 11 is 5.86. The van der Waals surface area contributed by atoms with Crippen molar-refractivity contribution in [2.75, 3.05) is 13.2 Å². The number of hydrogen-bond acceptors (Lipinski definition) is 5. The highest BCUT2D eigenvalue weighted by molar-refractivity contribution is 7.92. The molecular weight excluding hydrogens is 375 g/mol. The molecule has 1 aromatic rings. The molecule has 134 valence electrons.